The van der Waals surface area contributed by atoms with E-state index in [1.54, 1.807) is 6.07 Å². The Morgan fingerprint density at radius 1 is 1.16 bits per heavy atom. The Balaban J connectivity index is 1.58. The van der Waals surface area contributed by atoms with Crippen molar-refractivity contribution < 1.29 is 14.3 Å². The molecule has 0 spiro atoms. The van der Waals surface area contributed by atoms with Crippen LogP contribution in [0.5, 0.6) is 5.75 Å². The second kappa shape index (κ2) is 7.97. The van der Waals surface area contributed by atoms with E-state index in [1.165, 1.54) is 12.5 Å². The quantitative estimate of drug-likeness (QED) is 0.779. The van der Waals surface area contributed by atoms with E-state index in [2.05, 4.69) is 12.1 Å². The molecule has 0 saturated carbocycles. The predicted molar refractivity (Wildman–Crippen MR) is 97.0 cm³/mol. The highest BCUT2D eigenvalue weighted by Gasteiger charge is 2.24. The molecule has 0 aromatic heterocycles. The Bertz CT molecular complexity index is 755. The van der Waals surface area contributed by atoms with E-state index in [0.717, 1.165) is 43.5 Å². The van der Waals surface area contributed by atoms with Gasteiger partial charge in [-0.1, -0.05) is 30.3 Å². The molecule has 0 N–H and O–H groups in total. The summed E-state index contributed by atoms with van der Waals surface area (Å²) in [5.74, 6) is 0.727. The third kappa shape index (κ3) is 4.47. The maximum absolute atomic E-state index is 12.7. The standard InChI is InChI=1S/C21H23NO3/c1-16(23)15-25-19-9-10-20-18(14-19)11-13-22(21(20)24)12-5-8-17-6-3-2-4-7-17/h2-4,6-7,9-10,14H,5,8,11-13,15H2,1H3. The number of hydrogen-bond donors (Lipinski definition) is 0. The molecule has 1 heterocycles. The van der Waals surface area contributed by atoms with Gasteiger partial charge in [-0.2, -0.15) is 0 Å². The van der Waals surface area contributed by atoms with E-state index in [-0.39, 0.29) is 18.3 Å². The summed E-state index contributed by atoms with van der Waals surface area (Å²) < 4.78 is 5.44. The summed E-state index contributed by atoms with van der Waals surface area (Å²) in [4.78, 5) is 25.6. The Kier molecular flexibility index (Phi) is 5.49. The highest BCUT2D eigenvalue weighted by molar-refractivity contribution is 5.97. The molecule has 4 heteroatoms. The van der Waals surface area contributed by atoms with Crippen LogP contribution in [0.3, 0.4) is 0 Å². The van der Waals surface area contributed by atoms with Crippen molar-refractivity contribution in [2.75, 3.05) is 19.7 Å². The maximum atomic E-state index is 12.7. The molecule has 1 aliphatic rings. The number of amides is 1. The number of carbonyl (C=O) groups excluding carboxylic acids is 2. The fourth-order valence-corrected chi connectivity index (χ4v) is 3.12. The Morgan fingerprint density at radius 3 is 2.72 bits per heavy atom. The zero-order valence-electron chi connectivity index (χ0n) is 14.5. The first kappa shape index (κ1) is 17.2. The monoisotopic (exact) mass is 337 g/mol. The Morgan fingerprint density at radius 2 is 1.96 bits per heavy atom. The molecule has 4 nitrogen and oxygen atoms in total. The van der Waals surface area contributed by atoms with Crippen molar-refractivity contribution >= 4 is 11.7 Å². The molecule has 0 unspecified atom stereocenters. The number of carbonyl (C=O) groups is 2. The summed E-state index contributed by atoms with van der Waals surface area (Å²) in [6.07, 6.45) is 2.77. The second-order valence-corrected chi connectivity index (χ2v) is 6.44. The number of benzene rings is 2. The fourth-order valence-electron chi connectivity index (χ4n) is 3.12. The second-order valence-electron chi connectivity index (χ2n) is 6.44. The minimum absolute atomic E-state index is 0.0154. The molecule has 3 rings (SSSR count). The van der Waals surface area contributed by atoms with Crippen LogP contribution in [0.1, 0.15) is 34.8 Å². The van der Waals surface area contributed by atoms with E-state index >= 15 is 0 Å². The number of ether oxygens (including phenoxy) is 1. The van der Waals surface area contributed by atoms with E-state index in [0.29, 0.717) is 5.75 Å². The SMILES string of the molecule is CC(=O)COc1ccc2c(c1)CCN(CCCc1ccccc1)C2=O. The van der Waals surface area contributed by atoms with Gasteiger partial charge in [0, 0.05) is 18.7 Å². The van der Waals surface area contributed by atoms with Crippen molar-refractivity contribution in [3.8, 4) is 5.75 Å². The summed E-state index contributed by atoms with van der Waals surface area (Å²) in [5.41, 5.74) is 3.06. The smallest absolute Gasteiger partial charge is 0.254 e. The number of aryl methyl sites for hydroxylation is 1. The first-order valence-corrected chi connectivity index (χ1v) is 8.72. The molecule has 2 aromatic rings. The van der Waals surface area contributed by atoms with Crippen molar-refractivity contribution in [2.24, 2.45) is 0 Å². The van der Waals surface area contributed by atoms with Gasteiger partial charge in [-0.05, 0) is 55.5 Å². The predicted octanol–water partition coefficient (Wildman–Crippen LogP) is 3.29. The van der Waals surface area contributed by atoms with Crippen LogP contribution in [0.2, 0.25) is 0 Å². The number of ketones is 1. The van der Waals surface area contributed by atoms with Gasteiger partial charge in [-0.25, -0.2) is 0 Å². The third-order valence-corrected chi connectivity index (χ3v) is 4.42. The molecule has 1 aliphatic heterocycles. The van der Waals surface area contributed by atoms with Gasteiger partial charge in [0.05, 0.1) is 0 Å². The van der Waals surface area contributed by atoms with Crippen molar-refractivity contribution in [1.82, 2.24) is 4.90 Å². The molecule has 130 valence electrons. The van der Waals surface area contributed by atoms with Crippen molar-refractivity contribution in [3.63, 3.8) is 0 Å². The molecule has 25 heavy (non-hydrogen) atoms. The van der Waals surface area contributed by atoms with Crippen LogP contribution < -0.4 is 4.74 Å². The molecule has 0 atom stereocenters. The minimum atomic E-state index is -0.0154. The molecule has 0 fully saturated rings. The van der Waals surface area contributed by atoms with Crippen LogP contribution >= 0.6 is 0 Å². The molecule has 2 aromatic carbocycles. The minimum Gasteiger partial charge on any atom is -0.486 e. The van der Waals surface area contributed by atoms with Gasteiger partial charge in [0.2, 0.25) is 0 Å². The molecule has 0 bridgehead atoms. The first-order chi connectivity index (χ1) is 12.1. The highest BCUT2D eigenvalue weighted by Crippen LogP contribution is 2.24. The van der Waals surface area contributed by atoms with Crippen LogP contribution in [-0.4, -0.2) is 36.3 Å². The average Bonchev–Trinajstić information content (AvgIpc) is 2.63. The Hall–Kier alpha value is -2.62. The fraction of sp³-hybridized carbons (Fsp3) is 0.333. The van der Waals surface area contributed by atoms with Crippen LogP contribution in [0, 0.1) is 0 Å². The lowest BCUT2D eigenvalue weighted by Crippen LogP contribution is -2.38. The lowest BCUT2D eigenvalue weighted by Gasteiger charge is -2.29. The van der Waals surface area contributed by atoms with Crippen LogP contribution in [-0.2, 0) is 17.6 Å². The largest absolute Gasteiger partial charge is 0.486 e. The highest BCUT2D eigenvalue weighted by atomic mass is 16.5. The van der Waals surface area contributed by atoms with E-state index < -0.39 is 0 Å². The average molecular weight is 337 g/mol. The number of nitrogens with zero attached hydrogens (tertiary/aromatic N) is 1. The van der Waals surface area contributed by atoms with Crippen LogP contribution in [0.4, 0.5) is 0 Å². The van der Waals surface area contributed by atoms with Gasteiger partial charge in [0.25, 0.3) is 5.91 Å². The maximum Gasteiger partial charge on any atom is 0.254 e. The van der Waals surface area contributed by atoms with Crippen molar-refractivity contribution in [2.45, 2.75) is 26.2 Å². The van der Waals surface area contributed by atoms with Crippen molar-refractivity contribution in [3.05, 3.63) is 65.2 Å². The topological polar surface area (TPSA) is 46.6 Å². The summed E-state index contributed by atoms with van der Waals surface area (Å²) >= 11 is 0. The molecule has 0 aliphatic carbocycles. The summed E-state index contributed by atoms with van der Waals surface area (Å²) in [7, 11) is 0. The lowest BCUT2D eigenvalue weighted by molar-refractivity contribution is -0.118. The zero-order chi connectivity index (χ0) is 17.6. The van der Waals surface area contributed by atoms with Crippen molar-refractivity contribution in [1.29, 1.82) is 0 Å². The number of fused-ring (bicyclic) bond motifs is 1. The van der Waals surface area contributed by atoms with Gasteiger partial charge < -0.3 is 9.64 Å². The van der Waals surface area contributed by atoms with Crippen LogP contribution in [0.25, 0.3) is 0 Å². The third-order valence-electron chi connectivity index (χ3n) is 4.42. The molecule has 0 radical (unpaired) electrons. The summed E-state index contributed by atoms with van der Waals surface area (Å²) in [5, 5.41) is 0. The first-order valence-electron chi connectivity index (χ1n) is 8.72. The van der Waals surface area contributed by atoms with Gasteiger partial charge >= 0.3 is 0 Å². The van der Waals surface area contributed by atoms with E-state index in [9.17, 15) is 9.59 Å². The van der Waals surface area contributed by atoms with Gasteiger partial charge in [0.15, 0.2) is 5.78 Å². The molecular formula is C21H23NO3. The molecular weight excluding hydrogens is 314 g/mol. The lowest BCUT2D eigenvalue weighted by atomic mass is 9.98. The number of hydrogen-bond acceptors (Lipinski definition) is 3. The summed E-state index contributed by atoms with van der Waals surface area (Å²) in [6.45, 7) is 3.07. The number of rotatable bonds is 7. The van der Waals surface area contributed by atoms with Gasteiger partial charge in [-0.15, -0.1) is 0 Å². The number of Topliss-reactive ketones (excluding diaryl/α,β-unsaturated/α-hetero) is 1. The van der Waals surface area contributed by atoms with Crippen LogP contribution in [0.15, 0.2) is 48.5 Å². The Labute approximate surface area is 148 Å². The van der Waals surface area contributed by atoms with E-state index in [1.807, 2.05) is 35.2 Å². The summed E-state index contributed by atoms with van der Waals surface area (Å²) in [6, 6.07) is 15.8. The zero-order valence-corrected chi connectivity index (χ0v) is 14.5. The van der Waals surface area contributed by atoms with Gasteiger partial charge in [0.1, 0.15) is 12.4 Å². The molecule has 0 saturated heterocycles. The normalized spacial score (nSPS) is 13.5. The molecule has 1 amide bonds. The van der Waals surface area contributed by atoms with E-state index in [4.69, 9.17) is 4.74 Å². The van der Waals surface area contributed by atoms with Gasteiger partial charge in [-0.3, -0.25) is 9.59 Å².